The van der Waals surface area contributed by atoms with Crippen LogP contribution in [0.3, 0.4) is 0 Å². The Morgan fingerprint density at radius 2 is 1.85 bits per heavy atom. The first-order valence-electron chi connectivity index (χ1n) is 8.96. The van der Waals surface area contributed by atoms with Crippen LogP contribution in [0.15, 0.2) is 48.5 Å². The zero-order valence-corrected chi connectivity index (χ0v) is 15.8. The van der Waals surface area contributed by atoms with E-state index >= 15 is 0 Å². The third-order valence-corrected chi connectivity index (χ3v) is 5.79. The van der Waals surface area contributed by atoms with Gasteiger partial charge in [0.05, 0.1) is 5.75 Å². The van der Waals surface area contributed by atoms with E-state index in [9.17, 15) is 13.2 Å². The first kappa shape index (κ1) is 18.5. The number of benzene rings is 2. The summed E-state index contributed by atoms with van der Waals surface area (Å²) in [7, 11) is -3.42. The van der Waals surface area contributed by atoms with Crippen LogP contribution in [0.4, 0.5) is 11.4 Å². The number of sulfonamides is 1. The van der Waals surface area contributed by atoms with Gasteiger partial charge < -0.3 is 4.90 Å². The first-order valence-corrected chi connectivity index (χ1v) is 10.6. The van der Waals surface area contributed by atoms with E-state index in [4.69, 9.17) is 0 Å². The molecule has 0 aromatic heterocycles. The molecule has 0 atom stereocenters. The van der Waals surface area contributed by atoms with Gasteiger partial charge in [0, 0.05) is 24.3 Å². The van der Waals surface area contributed by atoms with Crippen molar-refractivity contribution in [2.24, 2.45) is 0 Å². The van der Waals surface area contributed by atoms with Gasteiger partial charge in [0.1, 0.15) is 0 Å². The second-order valence-corrected chi connectivity index (χ2v) is 8.39. The number of anilines is 2. The van der Waals surface area contributed by atoms with Crippen molar-refractivity contribution in [2.75, 3.05) is 21.9 Å². The summed E-state index contributed by atoms with van der Waals surface area (Å²) in [6.07, 6.45) is 2.48. The standard InChI is InChI=1S/C20H24N2O3S/c1-2-13-22-19-10-9-18(15-17(19)8-11-20(22)23)21-26(24,25)14-12-16-6-4-3-5-7-16/h3-7,9-10,15,21H,2,8,11-14H2,1H3. The van der Waals surface area contributed by atoms with Crippen LogP contribution in [-0.2, 0) is 27.7 Å². The van der Waals surface area contributed by atoms with Gasteiger partial charge in [0.2, 0.25) is 15.9 Å². The van der Waals surface area contributed by atoms with E-state index in [1.807, 2.05) is 49.4 Å². The molecule has 2 aromatic carbocycles. The van der Waals surface area contributed by atoms with Gasteiger partial charge in [0.15, 0.2) is 0 Å². The molecule has 0 unspecified atom stereocenters. The molecular weight excluding hydrogens is 348 g/mol. The maximum atomic E-state index is 12.4. The second-order valence-electron chi connectivity index (χ2n) is 6.55. The van der Waals surface area contributed by atoms with Crippen LogP contribution >= 0.6 is 0 Å². The van der Waals surface area contributed by atoms with Crippen molar-refractivity contribution in [1.82, 2.24) is 0 Å². The Bertz CT molecular complexity index is 879. The van der Waals surface area contributed by atoms with Gasteiger partial charge in [-0.3, -0.25) is 9.52 Å². The molecule has 0 fully saturated rings. The fourth-order valence-electron chi connectivity index (χ4n) is 3.22. The molecule has 1 aliphatic rings. The Morgan fingerprint density at radius 3 is 2.58 bits per heavy atom. The zero-order valence-electron chi connectivity index (χ0n) is 14.9. The third kappa shape index (κ3) is 4.43. The maximum Gasteiger partial charge on any atom is 0.233 e. The highest BCUT2D eigenvalue weighted by atomic mass is 32.2. The van der Waals surface area contributed by atoms with Crippen LogP contribution in [0, 0.1) is 0 Å². The third-order valence-electron chi connectivity index (χ3n) is 4.50. The fourth-order valence-corrected chi connectivity index (χ4v) is 4.31. The molecule has 0 spiro atoms. The Labute approximate surface area is 155 Å². The average molecular weight is 372 g/mol. The number of rotatable bonds is 7. The Hall–Kier alpha value is -2.34. The molecule has 0 saturated heterocycles. The van der Waals surface area contributed by atoms with Gasteiger partial charge in [-0.05, 0) is 48.6 Å². The minimum absolute atomic E-state index is 0.0363. The van der Waals surface area contributed by atoms with Crippen molar-refractivity contribution in [1.29, 1.82) is 0 Å². The number of hydrogen-bond donors (Lipinski definition) is 1. The number of amides is 1. The molecule has 138 valence electrons. The fraction of sp³-hybridized carbons (Fsp3) is 0.350. The summed E-state index contributed by atoms with van der Waals surface area (Å²) < 4.78 is 27.4. The number of fused-ring (bicyclic) bond motifs is 1. The number of aryl methyl sites for hydroxylation is 2. The van der Waals surface area contributed by atoms with E-state index in [2.05, 4.69) is 4.72 Å². The van der Waals surface area contributed by atoms with Gasteiger partial charge in [-0.2, -0.15) is 0 Å². The highest BCUT2D eigenvalue weighted by molar-refractivity contribution is 7.92. The van der Waals surface area contributed by atoms with Gasteiger partial charge in [-0.1, -0.05) is 37.3 Å². The monoisotopic (exact) mass is 372 g/mol. The number of nitrogens with zero attached hydrogens (tertiary/aromatic N) is 1. The van der Waals surface area contributed by atoms with Gasteiger partial charge in [-0.25, -0.2) is 8.42 Å². The Balaban J connectivity index is 1.71. The molecule has 2 aromatic rings. The molecule has 0 radical (unpaired) electrons. The number of hydrogen-bond acceptors (Lipinski definition) is 3. The molecule has 0 aliphatic carbocycles. The molecule has 1 amide bonds. The van der Waals surface area contributed by atoms with Crippen molar-refractivity contribution < 1.29 is 13.2 Å². The summed E-state index contributed by atoms with van der Waals surface area (Å²) in [5.41, 5.74) is 3.47. The average Bonchev–Trinajstić information content (AvgIpc) is 2.63. The lowest BCUT2D eigenvalue weighted by Crippen LogP contribution is -2.35. The largest absolute Gasteiger partial charge is 0.312 e. The molecule has 0 saturated carbocycles. The van der Waals surface area contributed by atoms with Crippen LogP contribution in [-0.4, -0.2) is 26.6 Å². The van der Waals surface area contributed by atoms with Gasteiger partial charge >= 0.3 is 0 Å². The molecule has 1 aliphatic heterocycles. The van der Waals surface area contributed by atoms with E-state index in [0.717, 1.165) is 23.2 Å². The minimum atomic E-state index is -3.42. The van der Waals surface area contributed by atoms with Gasteiger partial charge in [0.25, 0.3) is 0 Å². The first-order chi connectivity index (χ1) is 12.5. The van der Waals surface area contributed by atoms with Crippen LogP contribution in [0.5, 0.6) is 0 Å². The Kier molecular flexibility index (Phi) is 5.61. The molecule has 1 N–H and O–H groups in total. The molecule has 5 nitrogen and oxygen atoms in total. The summed E-state index contributed by atoms with van der Waals surface area (Å²) >= 11 is 0. The normalized spacial score (nSPS) is 14.2. The smallest absolute Gasteiger partial charge is 0.233 e. The highest BCUT2D eigenvalue weighted by Gasteiger charge is 2.24. The van der Waals surface area contributed by atoms with E-state index in [0.29, 0.717) is 31.5 Å². The lowest BCUT2D eigenvalue weighted by atomic mass is 10.0. The van der Waals surface area contributed by atoms with Crippen molar-refractivity contribution in [3.8, 4) is 0 Å². The zero-order chi connectivity index (χ0) is 18.6. The molecule has 0 bridgehead atoms. The SMILES string of the molecule is CCCN1C(=O)CCc2cc(NS(=O)(=O)CCc3ccccc3)ccc21. The van der Waals surface area contributed by atoms with E-state index in [1.165, 1.54) is 0 Å². The summed E-state index contributed by atoms with van der Waals surface area (Å²) in [5, 5.41) is 0. The predicted octanol–water partition coefficient (Wildman–Crippen LogP) is 3.36. The predicted molar refractivity (Wildman–Crippen MR) is 105 cm³/mol. The summed E-state index contributed by atoms with van der Waals surface area (Å²) in [5.74, 6) is 0.171. The van der Waals surface area contributed by atoms with E-state index in [1.54, 1.807) is 11.0 Å². The molecule has 26 heavy (non-hydrogen) atoms. The number of nitrogens with one attached hydrogen (secondary N) is 1. The van der Waals surface area contributed by atoms with Crippen molar-refractivity contribution in [3.05, 3.63) is 59.7 Å². The maximum absolute atomic E-state index is 12.4. The summed E-state index contributed by atoms with van der Waals surface area (Å²) in [6.45, 7) is 2.73. The topological polar surface area (TPSA) is 66.5 Å². The Morgan fingerprint density at radius 1 is 1.08 bits per heavy atom. The lowest BCUT2D eigenvalue weighted by Gasteiger charge is -2.29. The molecule has 3 rings (SSSR count). The minimum Gasteiger partial charge on any atom is -0.312 e. The summed E-state index contributed by atoms with van der Waals surface area (Å²) in [6, 6.07) is 15.0. The number of carbonyl (C=O) groups excluding carboxylic acids is 1. The van der Waals surface area contributed by atoms with Crippen LogP contribution < -0.4 is 9.62 Å². The molecular formula is C20H24N2O3S. The van der Waals surface area contributed by atoms with Crippen LogP contribution in [0.1, 0.15) is 30.9 Å². The van der Waals surface area contributed by atoms with Gasteiger partial charge in [-0.15, -0.1) is 0 Å². The lowest BCUT2D eigenvalue weighted by molar-refractivity contribution is -0.118. The quantitative estimate of drug-likeness (QED) is 0.810. The van der Waals surface area contributed by atoms with Crippen molar-refractivity contribution >= 4 is 27.3 Å². The second kappa shape index (κ2) is 7.91. The number of carbonyl (C=O) groups is 1. The van der Waals surface area contributed by atoms with Crippen LogP contribution in [0.2, 0.25) is 0 Å². The van der Waals surface area contributed by atoms with Crippen molar-refractivity contribution in [3.63, 3.8) is 0 Å². The molecule has 1 heterocycles. The summed E-state index contributed by atoms with van der Waals surface area (Å²) in [4.78, 5) is 13.9. The van der Waals surface area contributed by atoms with E-state index < -0.39 is 10.0 Å². The van der Waals surface area contributed by atoms with E-state index in [-0.39, 0.29) is 11.7 Å². The highest BCUT2D eigenvalue weighted by Crippen LogP contribution is 2.30. The van der Waals surface area contributed by atoms with Crippen LogP contribution in [0.25, 0.3) is 0 Å². The van der Waals surface area contributed by atoms with Crippen molar-refractivity contribution in [2.45, 2.75) is 32.6 Å². The molecule has 6 heteroatoms.